The first kappa shape index (κ1) is 14.1. The molecule has 1 atom stereocenters. The highest BCUT2D eigenvalue weighted by molar-refractivity contribution is 6.31. The molecular formula is C21H17ClN2. The number of aromatic nitrogens is 1. The van der Waals surface area contributed by atoms with Crippen molar-refractivity contribution < 1.29 is 0 Å². The second-order valence-electron chi connectivity index (χ2n) is 6.41. The van der Waals surface area contributed by atoms with Gasteiger partial charge in [0.15, 0.2) is 0 Å². The Labute approximate surface area is 145 Å². The van der Waals surface area contributed by atoms with E-state index in [1.54, 1.807) is 0 Å². The standard InChI is InChI=1S/C21H17ClN2/c22-14-8-9-19-18(12-14)17-10-11-23-20(21(17)24-19)16-7-3-5-13-4-1-2-6-15(13)16/h1-9,12,20,23-24H,10-11H2. The molecule has 118 valence electrons. The summed E-state index contributed by atoms with van der Waals surface area (Å²) in [7, 11) is 0. The zero-order valence-electron chi connectivity index (χ0n) is 13.1. The van der Waals surface area contributed by atoms with Gasteiger partial charge >= 0.3 is 0 Å². The van der Waals surface area contributed by atoms with Crippen molar-refractivity contribution in [2.24, 2.45) is 0 Å². The lowest BCUT2D eigenvalue weighted by Gasteiger charge is -2.26. The first-order valence-corrected chi connectivity index (χ1v) is 8.70. The third-order valence-corrected chi connectivity index (χ3v) is 5.28. The molecule has 1 unspecified atom stereocenters. The number of fused-ring (bicyclic) bond motifs is 4. The quantitative estimate of drug-likeness (QED) is 0.492. The van der Waals surface area contributed by atoms with E-state index in [4.69, 9.17) is 11.6 Å². The summed E-state index contributed by atoms with van der Waals surface area (Å²) >= 11 is 6.22. The van der Waals surface area contributed by atoms with Crippen molar-refractivity contribution in [3.63, 3.8) is 0 Å². The Bertz CT molecular complexity index is 1060. The van der Waals surface area contributed by atoms with Crippen molar-refractivity contribution >= 4 is 33.3 Å². The largest absolute Gasteiger partial charge is 0.357 e. The van der Waals surface area contributed by atoms with Crippen LogP contribution in [0, 0.1) is 0 Å². The summed E-state index contributed by atoms with van der Waals surface area (Å²) in [4.78, 5) is 3.64. The van der Waals surface area contributed by atoms with Gasteiger partial charge < -0.3 is 10.3 Å². The molecule has 24 heavy (non-hydrogen) atoms. The fraction of sp³-hybridized carbons (Fsp3) is 0.143. The molecule has 0 saturated heterocycles. The molecule has 0 spiro atoms. The van der Waals surface area contributed by atoms with Crippen LogP contribution < -0.4 is 5.32 Å². The zero-order valence-corrected chi connectivity index (χ0v) is 13.9. The Morgan fingerprint density at radius 2 is 1.79 bits per heavy atom. The van der Waals surface area contributed by atoms with E-state index in [9.17, 15) is 0 Å². The molecule has 0 fully saturated rings. The first-order valence-electron chi connectivity index (χ1n) is 8.32. The smallest absolute Gasteiger partial charge is 0.0738 e. The minimum Gasteiger partial charge on any atom is -0.357 e. The molecule has 3 aromatic carbocycles. The molecule has 0 radical (unpaired) electrons. The van der Waals surface area contributed by atoms with Gasteiger partial charge in [-0.1, -0.05) is 54.1 Å². The average Bonchev–Trinajstić information content (AvgIpc) is 2.99. The number of aromatic amines is 1. The van der Waals surface area contributed by atoms with Gasteiger partial charge in [0.05, 0.1) is 6.04 Å². The number of nitrogens with one attached hydrogen (secondary N) is 2. The fourth-order valence-electron chi connectivity index (χ4n) is 3.97. The molecule has 1 aliphatic heterocycles. The highest BCUT2D eigenvalue weighted by Crippen LogP contribution is 2.36. The summed E-state index contributed by atoms with van der Waals surface area (Å²) in [6.07, 6.45) is 1.02. The summed E-state index contributed by atoms with van der Waals surface area (Å²) in [6, 6.07) is 21.4. The van der Waals surface area contributed by atoms with Gasteiger partial charge in [-0.15, -0.1) is 0 Å². The molecule has 2 nitrogen and oxygen atoms in total. The molecule has 2 N–H and O–H groups in total. The van der Waals surface area contributed by atoms with Crippen molar-refractivity contribution in [2.75, 3.05) is 6.54 Å². The topological polar surface area (TPSA) is 27.8 Å². The highest BCUT2D eigenvalue weighted by atomic mass is 35.5. The van der Waals surface area contributed by atoms with E-state index in [0.717, 1.165) is 18.0 Å². The summed E-state index contributed by atoms with van der Waals surface area (Å²) < 4.78 is 0. The molecule has 0 bridgehead atoms. The Kier molecular flexibility index (Phi) is 3.15. The van der Waals surface area contributed by atoms with Gasteiger partial charge in [0.2, 0.25) is 0 Å². The van der Waals surface area contributed by atoms with Gasteiger partial charge in [0.1, 0.15) is 0 Å². The van der Waals surface area contributed by atoms with Crippen molar-refractivity contribution in [2.45, 2.75) is 12.5 Å². The summed E-state index contributed by atoms with van der Waals surface area (Å²) in [5, 5.41) is 8.33. The maximum atomic E-state index is 6.22. The molecule has 1 aromatic heterocycles. The summed E-state index contributed by atoms with van der Waals surface area (Å²) in [5.74, 6) is 0. The first-order chi connectivity index (χ1) is 11.8. The van der Waals surface area contributed by atoms with E-state index >= 15 is 0 Å². The molecule has 0 amide bonds. The van der Waals surface area contributed by atoms with Crippen LogP contribution in [0.15, 0.2) is 60.7 Å². The minimum absolute atomic E-state index is 0.186. The Morgan fingerprint density at radius 1 is 0.917 bits per heavy atom. The van der Waals surface area contributed by atoms with Crippen LogP contribution >= 0.6 is 11.6 Å². The minimum atomic E-state index is 0.186. The van der Waals surface area contributed by atoms with Gasteiger partial charge in [-0.25, -0.2) is 0 Å². The molecule has 5 rings (SSSR count). The van der Waals surface area contributed by atoms with Gasteiger partial charge in [0, 0.05) is 28.2 Å². The lowest BCUT2D eigenvalue weighted by molar-refractivity contribution is 0.563. The number of hydrogen-bond acceptors (Lipinski definition) is 1. The van der Waals surface area contributed by atoms with Crippen molar-refractivity contribution in [3.8, 4) is 0 Å². The van der Waals surface area contributed by atoms with Crippen LogP contribution in [0.2, 0.25) is 5.02 Å². The number of halogens is 1. The Morgan fingerprint density at radius 3 is 2.75 bits per heavy atom. The number of H-pyrrole nitrogens is 1. The summed E-state index contributed by atoms with van der Waals surface area (Å²) in [5.41, 5.74) is 5.16. The molecule has 1 aliphatic rings. The third kappa shape index (κ3) is 2.07. The maximum Gasteiger partial charge on any atom is 0.0738 e. The number of hydrogen-bond donors (Lipinski definition) is 2. The van der Waals surface area contributed by atoms with Crippen LogP contribution in [0.5, 0.6) is 0 Å². The lowest BCUT2D eigenvalue weighted by atomic mass is 9.91. The van der Waals surface area contributed by atoms with E-state index in [1.807, 2.05) is 6.07 Å². The molecule has 0 aliphatic carbocycles. The van der Waals surface area contributed by atoms with Crippen LogP contribution in [-0.4, -0.2) is 11.5 Å². The fourth-order valence-corrected chi connectivity index (χ4v) is 4.14. The van der Waals surface area contributed by atoms with E-state index < -0.39 is 0 Å². The van der Waals surface area contributed by atoms with Crippen LogP contribution in [0.3, 0.4) is 0 Å². The number of benzene rings is 3. The van der Waals surface area contributed by atoms with Crippen molar-refractivity contribution in [1.29, 1.82) is 0 Å². The number of rotatable bonds is 1. The summed E-state index contributed by atoms with van der Waals surface area (Å²) in [6.45, 7) is 0.973. The molecule has 2 heterocycles. The van der Waals surface area contributed by atoms with Crippen LogP contribution in [0.4, 0.5) is 0 Å². The normalized spacial score (nSPS) is 17.3. The molecule has 3 heteroatoms. The average molecular weight is 333 g/mol. The second kappa shape index (κ2) is 5.37. The van der Waals surface area contributed by atoms with Gasteiger partial charge in [-0.3, -0.25) is 0 Å². The lowest BCUT2D eigenvalue weighted by Crippen LogP contribution is -2.30. The van der Waals surface area contributed by atoms with Gasteiger partial charge in [-0.05, 0) is 46.5 Å². The van der Waals surface area contributed by atoms with Crippen LogP contribution in [0.1, 0.15) is 22.9 Å². The second-order valence-corrected chi connectivity index (χ2v) is 6.85. The molecular weight excluding hydrogens is 316 g/mol. The van der Waals surface area contributed by atoms with E-state index in [2.05, 4.69) is 64.9 Å². The van der Waals surface area contributed by atoms with Crippen molar-refractivity contribution in [1.82, 2.24) is 10.3 Å². The molecule has 0 saturated carbocycles. The van der Waals surface area contributed by atoms with Crippen molar-refractivity contribution in [3.05, 3.63) is 82.5 Å². The van der Waals surface area contributed by atoms with Gasteiger partial charge in [-0.2, -0.15) is 0 Å². The van der Waals surface area contributed by atoms with E-state index in [-0.39, 0.29) is 6.04 Å². The Balaban J connectivity index is 1.75. The maximum absolute atomic E-state index is 6.22. The Hall–Kier alpha value is -2.29. The predicted octanol–water partition coefficient (Wildman–Crippen LogP) is 5.21. The third-order valence-electron chi connectivity index (χ3n) is 5.05. The highest BCUT2D eigenvalue weighted by Gasteiger charge is 2.26. The van der Waals surface area contributed by atoms with Crippen LogP contribution in [0.25, 0.3) is 21.7 Å². The monoisotopic (exact) mass is 332 g/mol. The van der Waals surface area contributed by atoms with E-state index in [0.29, 0.717) is 0 Å². The zero-order chi connectivity index (χ0) is 16.1. The van der Waals surface area contributed by atoms with Crippen LogP contribution in [-0.2, 0) is 6.42 Å². The molecule has 4 aromatic rings. The van der Waals surface area contributed by atoms with E-state index in [1.165, 1.54) is 38.5 Å². The van der Waals surface area contributed by atoms with Gasteiger partial charge in [0.25, 0.3) is 0 Å². The SMILES string of the molecule is Clc1ccc2[nH]c3c(c2c1)CCNC3c1cccc2ccccc12. The predicted molar refractivity (Wildman–Crippen MR) is 101 cm³/mol.